The molecule has 0 aliphatic heterocycles. The Bertz CT molecular complexity index is 2100. The number of halogens is 3. The van der Waals surface area contributed by atoms with Gasteiger partial charge in [-0.25, -0.2) is 19.5 Å². The molecule has 4 amide bonds. The van der Waals surface area contributed by atoms with Crippen LogP contribution in [0, 0.1) is 18.8 Å². The number of nitrogens with one attached hydrogen (secondary N) is 4. The topological polar surface area (TPSA) is 192 Å². The fraction of sp³-hybridized carbons (Fsp3) is 0.436. The second-order valence-electron chi connectivity index (χ2n) is 15.0. The van der Waals surface area contributed by atoms with Gasteiger partial charge in [0.15, 0.2) is 0 Å². The van der Waals surface area contributed by atoms with Gasteiger partial charge in [-0.05, 0) is 108 Å². The number of anilines is 1. The van der Waals surface area contributed by atoms with Crippen molar-refractivity contribution in [2.45, 2.75) is 90.6 Å². The smallest absolute Gasteiger partial charge is 0.408 e. The van der Waals surface area contributed by atoms with Crippen LogP contribution in [0.1, 0.15) is 75.1 Å². The highest BCUT2D eigenvalue weighted by Crippen LogP contribution is 2.32. The number of rotatable bonds is 10. The molecule has 4 aromatic rings. The number of amides is 4. The van der Waals surface area contributed by atoms with Crippen molar-refractivity contribution in [3.8, 4) is 11.1 Å². The average Bonchev–Trinajstić information content (AvgIpc) is 3.49. The van der Waals surface area contributed by atoms with Gasteiger partial charge in [0.1, 0.15) is 17.3 Å². The van der Waals surface area contributed by atoms with Crippen molar-refractivity contribution >= 4 is 40.5 Å². The fourth-order valence-corrected chi connectivity index (χ4v) is 6.53. The minimum atomic E-state index is -4.59. The molecule has 6 N–H and O–H groups in total. The number of fused-ring (bicyclic) bond motifs is 1. The normalized spacial score (nSPS) is 17.3. The van der Waals surface area contributed by atoms with Gasteiger partial charge < -0.3 is 31.1 Å². The van der Waals surface area contributed by atoms with E-state index >= 15 is 0 Å². The first-order chi connectivity index (χ1) is 25.8. The zero-order valence-corrected chi connectivity index (χ0v) is 31.3. The highest BCUT2D eigenvalue weighted by molar-refractivity contribution is 6.17. The van der Waals surface area contributed by atoms with E-state index in [-0.39, 0.29) is 23.7 Å². The number of hydrogen-bond donors (Lipinski definition) is 5. The maximum Gasteiger partial charge on any atom is 0.408 e. The van der Waals surface area contributed by atoms with E-state index in [0.717, 1.165) is 11.8 Å². The third-order valence-electron chi connectivity index (χ3n) is 9.52. The second-order valence-corrected chi connectivity index (χ2v) is 15.0. The Labute approximate surface area is 315 Å². The van der Waals surface area contributed by atoms with E-state index < -0.39 is 59.3 Å². The molecule has 2 heterocycles. The minimum Gasteiger partial charge on any atom is -0.444 e. The van der Waals surface area contributed by atoms with Crippen molar-refractivity contribution in [1.82, 2.24) is 25.6 Å². The highest BCUT2D eigenvalue weighted by Gasteiger charge is 2.38. The lowest BCUT2D eigenvalue weighted by Gasteiger charge is -2.32. The highest BCUT2D eigenvalue weighted by atomic mass is 19.4. The van der Waals surface area contributed by atoms with Crippen LogP contribution >= 0.6 is 0 Å². The molecule has 1 fully saturated rings. The van der Waals surface area contributed by atoms with Gasteiger partial charge in [0.25, 0.3) is 11.8 Å². The van der Waals surface area contributed by atoms with E-state index in [1.54, 1.807) is 76.2 Å². The van der Waals surface area contributed by atoms with Crippen molar-refractivity contribution in [3.05, 3.63) is 82.0 Å². The Morgan fingerprint density at radius 1 is 0.964 bits per heavy atom. The quantitative estimate of drug-likeness (QED) is 0.136. The van der Waals surface area contributed by atoms with Crippen LogP contribution in [0.4, 0.5) is 23.7 Å². The molecule has 1 aliphatic rings. The summed E-state index contributed by atoms with van der Waals surface area (Å²) in [7, 11) is 0. The van der Waals surface area contributed by atoms with E-state index in [9.17, 15) is 37.1 Å². The van der Waals surface area contributed by atoms with Gasteiger partial charge in [-0.2, -0.15) is 13.2 Å². The molecule has 5 rings (SSSR count). The molecule has 2 aromatic carbocycles. The number of nitrogens with zero attached hydrogens (tertiary/aromatic N) is 2. The number of imide groups is 1. The standard InChI is InChI=1S/C39H46F3N7O6/c1-21-28(15-17-31(45-21)33(50)46-22(2)39(40,41)42)25-10-6-23(7-11-25)18-29(43)35(52)49(27-14-16-30-32(19-27)48-36(53)47-30)34(51)26-12-8-24(9-13-26)20-44-37(54)55-38(3,4)5/h6-7,10-11,14-17,19,22,24,26,29H,8-9,12-13,18,20,43H2,1-5H3,(H,44,54)(H,46,50)(H2,47,48,53)/t22?,24?,26?,29-/m0/s1. The summed E-state index contributed by atoms with van der Waals surface area (Å²) in [5.41, 5.74) is 8.99. The molecule has 1 saturated carbocycles. The number of pyridine rings is 1. The zero-order chi connectivity index (χ0) is 40.2. The average molecular weight is 766 g/mol. The number of hydrogen-bond acceptors (Lipinski definition) is 8. The number of carbonyl (C=O) groups is 4. The lowest BCUT2D eigenvalue weighted by atomic mass is 9.81. The SMILES string of the molecule is Cc1nc(C(=O)NC(C)C(F)(F)F)ccc1-c1ccc(C[C@H](N)C(=O)N(C(=O)C2CCC(CNC(=O)OC(C)(C)C)CC2)c2ccc3[nH]c(=O)[nH]c3c2)cc1. The van der Waals surface area contributed by atoms with E-state index in [1.807, 2.05) is 5.32 Å². The minimum absolute atomic E-state index is 0.0862. The Morgan fingerprint density at radius 2 is 1.62 bits per heavy atom. The van der Waals surface area contributed by atoms with Crippen LogP contribution < -0.4 is 27.0 Å². The van der Waals surface area contributed by atoms with Crippen LogP contribution in [0.5, 0.6) is 0 Å². The summed E-state index contributed by atoms with van der Waals surface area (Å²) in [6, 6.07) is 11.6. The number of aromatic amines is 2. The summed E-state index contributed by atoms with van der Waals surface area (Å²) < 4.78 is 44.1. The third-order valence-corrected chi connectivity index (χ3v) is 9.52. The first-order valence-electron chi connectivity index (χ1n) is 18.1. The van der Waals surface area contributed by atoms with E-state index in [4.69, 9.17) is 10.5 Å². The van der Waals surface area contributed by atoms with Gasteiger partial charge in [-0.15, -0.1) is 0 Å². The Hall–Kier alpha value is -5.51. The van der Waals surface area contributed by atoms with Gasteiger partial charge in [0.2, 0.25) is 5.91 Å². The second kappa shape index (κ2) is 16.5. The van der Waals surface area contributed by atoms with Crippen LogP contribution in [-0.4, -0.2) is 69.2 Å². The van der Waals surface area contributed by atoms with Crippen LogP contribution in [0.25, 0.3) is 22.2 Å². The fourth-order valence-electron chi connectivity index (χ4n) is 6.53. The maximum atomic E-state index is 14.2. The summed E-state index contributed by atoms with van der Waals surface area (Å²) in [4.78, 5) is 75.4. The predicted octanol–water partition coefficient (Wildman–Crippen LogP) is 5.67. The van der Waals surface area contributed by atoms with Crippen molar-refractivity contribution in [2.24, 2.45) is 17.6 Å². The lowest BCUT2D eigenvalue weighted by Crippen LogP contribution is -2.50. The first kappa shape index (κ1) is 40.7. The monoisotopic (exact) mass is 765 g/mol. The largest absolute Gasteiger partial charge is 0.444 e. The summed E-state index contributed by atoms with van der Waals surface area (Å²) >= 11 is 0. The molecule has 0 saturated heterocycles. The number of alkyl halides is 3. The first-order valence-corrected chi connectivity index (χ1v) is 18.1. The predicted molar refractivity (Wildman–Crippen MR) is 200 cm³/mol. The van der Waals surface area contributed by atoms with Gasteiger partial charge in [0.05, 0.1) is 22.8 Å². The number of alkyl carbamates (subject to hydrolysis) is 1. The van der Waals surface area contributed by atoms with Crippen LogP contribution in [0.3, 0.4) is 0 Å². The molecule has 0 spiro atoms. The Balaban J connectivity index is 1.28. The molecule has 1 unspecified atom stereocenters. The van der Waals surface area contributed by atoms with Gasteiger partial charge in [-0.1, -0.05) is 30.3 Å². The Morgan fingerprint density at radius 3 is 2.24 bits per heavy atom. The molecular formula is C39H46F3N7O6. The molecule has 294 valence electrons. The maximum absolute atomic E-state index is 14.2. The van der Waals surface area contributed by atoms with Gasteiger partial charge in [-0.3, -0.25) is 14.4 Å². The Kier molecular flexibility index (Phi) is 12.2. The molecule has 1 aliphatic carbocycles. The van der Waals surface area contributed by atoms with E-state index in [0.29, 0.717) is 65.6 Å². The molecular weight excluding hydrogens is 719 g/mol. The molecule has 13 nitrogen and oxygen atoms in total. The molecule has 2 aromatic heterocycles. The number of aromatic nitrogens is 3. The molecule has 55 heavy (non-hydrogen) atoms. The van der Waals surface area contributed by atoms with Crippen LogP contribution in [-0.2, 0) is 20.7 Å². The van der Waals surface area contributed by atoms with Crippen LogP contribution in [0.2, 0.25) is 0 Å². The van der Waals surface area contributed by atoms with Crippen molar-refractivity contribution < 1.29 is 37.1 Å². The number of H-pyrrole nitrogens is 2. The number of nitrogens with two attached hydrogens (primary N) is 1. The van der Waals surface area contributed by atoms with Crippen LogP contribution in [0.15, 0.2) is 59.4 Å². The molecule has 16 heteroatoms. The zero-order valence-electron chi connectivity index (χ0n) is 31.3. The number of aryl methyl sites for hydroxylation is 1. The molecule has 0 bridgehead atoms. The number of imidazole rings is 1. The van der Waals surface area contributed by atoms with Gasteiger partial charge >= 0.3 is 18.0 Å². The number of carbonyl (C=O) groups excluding carboxylic acids is 4. The van der Waals surface area contributed by atoms with Crippen molar-refractivity contribution in [2.75, 3.05) is 11.4 Å². The van der Waals surface area contributed by atoms with Crippen molar-refractivity contribution in [3.63, 3.8) is 0 Å². The van der Waals surface area contributed by atoms with Crippen molar-refractivity contribution in [1.29, 1.82) is 0 Å². The van der Waals surface area contributed by atoms with Gasteiger partial charge in [0, 0.05) is 23.7 Å². The lowest BCUT2D eigenvalue weighted by molar-refractivity contribution is -0.149. The van der Waals surface area contributed by atoms with E-state index in [2.05, 4.69) is 20.3 Å². The third kappa shape index (κ3) is 10.4. The summed E-state index contributed by atoms with van der Waals surface area (Å²) in [5, 5.41) is 4.70. The summed E-state index contributed by atoms with van der Waals surface area (Å²) in [6.07, 6.45) is -2.71. The number of ether oxygens (including phenoxy) is 1. The molecule has 0 radical (unpaired) electrons. The number of benzene rings is 2. The van der Waals surface area contributed by atoms with E-state index in [1.165, 1.54) is 6.07 Å². The molecule has 2 atom stereocenters. The summed E-state index contributed by atoms with van der Waals surface area (Å²) in [5.74, 6) is -2.30. The summed E-state index contributed by atoms with van der Waals surface area (Å²) in [6.45, 7) is 8.25.